The Kier molecular flexibility index (Phi) is 11.3. The molecule has 1 unspecified atom stereocenters. The highest BCUT2D eigenvalue weighted by molar-refractivity contribution is 5.85. The summed E-state index contributed by atoms with van der Waals surface area (Å²) in [6.07, 6.45) is 2.58. The van der Waals surface area contributed by atoms with E-state index in [1.165, 1.54) is 25.9 Å². The van der Waals surface area contributed by atoms with Gasteiger partial charge in [0.2, 0.25) is 5.91 Å². The number of hydrogen-bond donors (Lipinski definition) is 2. The third-order valence-corrected chi connectivity index (χ3v) is 2.95. The Morgan fingerprint density at radius 3 is 2.29 bits per heavy atom. The first-order valence-corrected chi connectivity index (χ1v) is 5.87. The molecule has 104 valence electrons. The SMILES string of the molecule is CC(C)C(N)C(=O)NCCN1CCCC1.Cl.Cl. The van der Waals surface area contributed by atoms with Crippen LogP contribution in [0, 0.1) is 5.92 Å². The number of carbonyl (C=O) groups is 1. The maximum absolute atomic E-state index is 11.5. The van der Waals surface area contributed by atoms with E-state index in [-0.39, 0.29) is 42.7 Å². The Labute approximate surface area is 117 Å². The largest absolute Gasteiger partial charge is 0.353 e. The zero-order valence-corrected chi connectivity index (χ0v) is 12.3. The second kappa shape index (κ2) is 9.95. The standard InChI is InChI=1S/C11H23N3O.2ClH/c1-9(2)10(12)11(15)13-5-8-14-6-3-4-7-14;;/h9-10H,3-8,12H2,1-2H3,(H,13,15);2*1H. The zero-order chi connectivity index (χ0) is 11.3. The number of amides is 1. The Morgan fingerprint density at radius 2 is 1.82 bits per heavy atom. The molecule has 1 aliphatic rings. The van der Waals surface area contributed by atoms with E-state index >= 15 is 0 Å². The second-order valence-electron chi connectivity index (χ2n) is 4.61. The van der Waals surface area contributed by atoms with E-state index in [1.54, 1.807) is 0 Å². The summed E-state index contributed by atoms with van der Waals surface area (Å²) in [6.45, 7) is 7.95. The molecule has 0 aromatic carbocycles. The van der Waals surface area contributed by atoms with Crippen LogP contribution in [0.5, 0.6) is 0 Å². The molecule has 0 aromatic heterocycles. The first kappa shape index (κ1) is 19.3. The van der Waals surface area contributed by atoms with Crippen molar-refractivity contribution in [3.63, 3.8) is 0 Å². The Morgan fingerprint density at radius 1 is 1.29 bits per heavy atom. The molecule has 0 aliphatic carbocycles. The van der Waals surface area contributed by atoms with Crippen LogP contribution in [0.25, 0.3) is 0 Å². The maximum atomic E-state index is 11.5. The molecule has 17 heavy (non-hydrogen) atoms. The molecule has 0 bridgehead atoms. The molecule has 0 saturated carbocycles. The van der Waals surface area contributed by atoms with Crippen LogP contribution in [0.2, 0.25) is 0 Å². The lowest BCUT2D eigenvalue weighted by molar-refractivity contribution is -0.123. The van der Waals surface area contributed by atoms with Crippen molar-refractivity contribution in [1.82, 2.24) is 10.2 Å². The van der Waals surface area contributed by atoms with Crippen molar-refractivity contribution in [3.8, 4) is 0 Å². The first-order chi connectivity index (χ1) is 7.11. The van der Waals surface area contributed by atoms with Gasteiger partial charge in [-0.2, -0.15) is 0 Å². The fraction of sp³-hybridized carbons (Fsp3) is 0.909. The lowest BCUT2D eigenvalue weighted by Crippen LogP contribution is -2.45. The molecule has 0 radical (unpaired) electrons. The summed E-state index contributed by atoms with van der Waals surface area (Å²) in [6, 6.07) is -0.372. The molecule has 0 spiro atoms. The minimum Gasteiger partial charge on any atom is -0.353 e. The summed E-state index contributed by atoms with van der Waals surface area (Å²) >= 11 is 0. The molecule has 1 amide bonds. The van der Waals surface area contributed by atoms with E-state index in [2.05, 4.69) is 10.2 Å². The van der Waals surface area contributed by atoms with Crippen LogP contribution < -0.4 is 11.1 Å². The summed E-state index contributed by atoms with van der Waals surface area (Å²) in [4.78, 5) is 13.9. The number of nitrogens with two attached hydrogens (primary N) is 1. The van der Waals surface area contributed by atoms with Crippen LogP contribution in [0.1, 0.15) is 26.7 Å². The molecule has 1 saturated heterocycles. The van der Waals surface area contributed by atoms with Gasteiger partial charge in [0, 0.05) is 13.1 Å². The third kappa shape index (κ3) is 7.09. The molecule has 0 aromatic rings. The van der Waals surface area contributed by atoms with Gasteiger partial charge in [-0.1, -0.05) is 13.8 Å². The highest BCUT2D eigenvalue weighted by Crippen LogP contribution is 2.05. The van der Waals surface area contributed by atoms with Crippen LogP contribution in [0.15, 0.2) is 0 Å². The highest BCUT2D eigenvalue weighted by Gasteiger charge is 2.17. The Balaban J connectivity index is 0. The van der Waals surface area contributed by atoms with Gasteiger partial charge >= 0.3 is 0 Å². The Bertz CT molecular complexity index is 209. The van der Waals surface area contributed by atoms with Crippen molar-refractivity contribution >= 4 is 30.7 Å². The van der Waals surface area contributed by atoms with Crippen molar-refractivity contribution in [3.05, 3.63) is 0 Å². The predicted molar refractivity (Wildman–Crippen MR) is 76.0 cm³/mol. The van der Waals surface area contributed by atoms with E-state index in [0.717, 1.165) is 13.1 Å². The van der Waals surface area contributed by atoms with Crippen LogP contribution in [-0.2, 0) is 4.79 Å². The van der Waals surface area contributed by atoms with Crippen LogP contribution in [0.4, 0.5) is 0 Å². The normalized spacial score (nSPS) is 17.2. The average Bonchev–Trinajstić information content (AvgIpc) is 2.69. The van der Waals surface area contributed by atoms with Crippen LogP contribution in [0.3, 0.4) is 0 Å². The van der Waals surface area contributed by atoms with Crippen LogP contribution in [-0.4, -0.2) is 43.0 Å². The number of halogens is 2. The number of carbonyl (C=O) groups excluding carboxylic acids is 1. The number of hydrogen-bond acceptors (Lipinski definition) is 3. The molecule has 1 fully saturated rings. The lowest BCUT2D eigenvalue weighted by Gasteiger charge is -2.18. The van der Waals surface area contributed by atoms with E-state index in [0.29, 0.717) is 0 Å². The monoisotopic (exact) mass is 285 g/mol. The van der Waals surface area contributed by atoms with Gasteiger partial charge in [-0.05, 0) is 31.8 Å². The van der Waals surface area contributed by atoms with Gasteiger partial charge in [-0.25, -0.2) is 0 Å². The van der Waals surface area contributed by atoms with Gasteiger partial charge in [-0.15, -0.1) is 24.8 Å². The topological polar surface area (TPSA) is 58.4 Å². The minimum absolute atomic E-state index is 0. The van der Waals surface area contributed by atoms with Crippen molar-refractivity contribution in [1.29, 1.82) is 0 Å². The van der Waals surface area contributed by atoms with Crippen molar-refractivity contribution in [2.24, 2.45) is 11.7 Å². The van der Waals surface area contributed by atoms with Gasteiger partial charge in [-0.3, -0.25) is 4.79 Å². The van der Waals surface area contributed by atoms with E-state index in [4.69, 9.17) is 5.73 Å². The van der Waals surface area contributed by atoms with Crippen molar-refractivity contribution in [2.45, 2.75) is 32.7 Å². The number of nitrogens with zero attached hydrogens (tertiary/aromatic N) is 1. The second-order valence-corrected chi connectivity index (χ2v) is 4.61. The summed E-state index contributed by atoms with van der Waals surface area (Å²) in [5.74, 6) is 0.181. The lowest BCUT2D eigenvalue weighted by atomic mass is 10.1. The molecule has 1 rings (SSSR count). The first-order valence-electron chi connectivity index (χ1n) is 5.87. The third-order valence-electron chi connectivity index (χ3n) is 2.95. The van der Waals surface area contributed by atoms with E-state index in [9.17, 15) is 4.79 Å². The summed E-state index contributed by atoms with van der Waals surface area (Å²) in [5, 5.41) is 2.89. The van der Waals surface area contributed by atoms with Crippen molar-refractivity contribution in [2.75, 3.05) is 26.2 Å². The maximum Gasteiger partial charge on any atom is 0.237 e. The molecule has 6 heteroatoms. The number of nitrogens with one attached hydrogen (secondary N) is 1. The fourth-order valence-electron chi connectivity index (χ4n) is 1.76. The molecule has 1 heterocycles. The molecule has 1 aliphatic heterocycles. The molecule has 1 atom stereocenters. The summed E-state index contributed by atoms with van der Waals surface area (Å²) in [5.41, 5.74) is 5.73. The van der Waals surface area contributed by atoms with Gasteiger partial charge in [0.15, 0.2) is 0 Å². The Hall–Kier alpha value is -0.0300. The number of likely N-dealkylation sites (tertiary alicyclic amines) is 1. The molecular weight excluding hydrogens is 261 g/mol. The quantitative estimate of drug-likeness (QED) is 0.793. The smallest absolute Gasteiger partial charge is 0.237 e. The van der Waals surface area contributed by atoms with E-state index < -0.39 is 0 Å². The van der Waals surface area contributed by atoms with Gasteiger partial charge in [0.05, 0.1) is 6.04 Å². The zero-order valence-electron chi connectivity index (χ0n) is 10.6. The van der Waals surface area contributed by atoms with E-state index in [1.807, 2.05) is 13.8 Å². The highest BCUT2D eigenvalue weighted by atomic mass is 35.5. The summed E-state index contributed by atoms with van der Waals surface area (Å²) in [7, 11) is 0. The fourth-order valence-corrected chi connectivity index (χ4v) is 1.76. The minimum atomic E-state index is -0.372. The van der Waals surface area contributed by atoms with Gasteiger partial charge in [0.1, 0.15) is 0 Å². The van der Waals surface area contributed by atoms with Gasteiger partial charge < -0.3 is 16.0 Å². The summed E-state index contributed by atoms with van der Waals surface area (Å²) < 4.78 is 0. The molecular formula is C11H25Cl2N3O. The van der Waals surface area contributed by atoms with Crippen molar-refractivity contribution < 1.29 is 4.79 Å². The molecule has 4 nitrogen and oxygen atoms in total. The van der Waals surface area contributed by atoms with Gasteiger partial charge in [0.25, 0.3) is 0 Å². The molecule has 3 N–H and O–H groups in total. The average molecular weight is 286 g/mol. The predicted octanol–water partition coefficient (Wildman–Crippen LogP) is 1.03. The number of rotatable bonds is 5. The van der Waals surface area contributed by atoms with Crippen LogP contribution >= 0.6 is 24.8 Å².